The number of benzene rings is 2. The molecule has 8 heteroatoms. The van der Waals surface area contributed by atoms with Crippen molar-refractivity contribution in [3.05, 3.63) is 72.4 Å². The highest BCUT2D eigenvalue weighted by Crippen LogP contribution is 2.43. The van der Waals surface area contributed by atoms with Crippen LogP contribution in [0.4, 0.5) is 5.82 Å². The number of primary amides is 1. The molecule has 33 heavy (non-hydrogen) atoms. The summed E-state index contributed by atoms with van der Waals surface area (Å²) in [5, 5.41) is 7.64. The van der Waals surface area contributed by atoms with Gasteiger partial charge in [0.1, 0.15) is 34.1 Å². The summed E-state index contributed by atoms with van der Waals surface area (Å²) >= 11 is 0. The molecule has 0 unspecified atom stereocenters. The van der Waals surface area contributed by atoms with Crippen molar-refractivity contribution >= 4 is 17.6 Å². The number of rotatable bonds is 5. The molecular weight excluding hydrogens is 418 g/mol. The summed E-state index contributed by atoms with van der Waals surface area (Å²) in [5.41, 5.74) is 6.34. The van der Waals surface area contributed by atoms with Crippen LogP contribution in [0.15, 0.2) is 66.9 Å². The van der Waals surface area contributed by atoms with Gasteiger partial charge in [-0.1, -0.05) is 24.3 Å². The Morgan fingerprint density at radius 3 is 2.39 bits per heavy atom. The van der Waals surface area contributed by atoms with E-state index in [1.165, 1.54) is 0 Å². The van der Waals surface area contributed by atoms with E-state index in [-0.39, 0.29) is 11.5 Å². The average Bonchev–Trinajstić information content (AvgIpc) is 3.31. The summed E-state index contributed by atoms with van der Waals surface area (Å²) in [6, 6.07) is 16.8. The number of nitrogens with two attached hydrogens (primary N) is 1. The second-order valence-electron chi connectivity index (χ2n) is 8.29. The lowest BCUT2D eigenvalue weighted by molar-refractivity contribution is -0.125. The van der Waals surface area contributed by atoms with Crippen LogP contribution in [0, 0.1) is 0 Å². The number of para-hydroxylation sites is 1. The lowest BCUT2D eigenvalue weighted by Gasteiger charge is -2.37. The molecule has 1 aromatic heterocycles. The molecule has 0 radical (unpaired) electrons. The summed E-state index contributed by atoms with van der Waals surface area (Å²) in [5.74, 6) is 1.02. The van der Waals surface area contributed by atoms with Crippen molar-refractivity contribution in [2.24, 2.45) is 5.73 Å². The van der Waals surface area contributed by atoms with Crippen LogP contribution >= 0.6 is 0 Å². The summed E-state index contributed by atoms with van der Waals surface area (Å²) in [4.78, 5) is 27.6. The van der Waals surface area contributed by atoms with E-state index in [2.05, 4.69) is 10.2 Å². The Morgan fingerprint density at radius 2 is 1.76 bits per heavy atom. The first kappa shape index (κ1) is 20.8. The Morgan fingerprint density at radius 1 is 1.09 bits per heavy atom. The zero-order valence-electron chi connectivity index (χ0n) is 18.3. The molecule has 8 nitrogen and oxygen atoms in total. The Bertz CT molecular complexity index is 1220. The number of aromatic nitrogens is 2. The van der Waals surface area contributed by atoms with E-state index in [0.717, 1.165) is 24.4 Å². The van der Waals surface area contributed by atoms with Gasteiger partial charge in [-0.05, 0) is 62.4 Å². The molecule has 0 aliphatic carbocycles. The highest BCUT2D eigenvalue weighted by Gasteiger charge is 2.51. The summed E-state index contributed by atoms with van der Waals surface area (Å²) < 4.78 is 7.54. The van der Waals surface area contributed by atoms with Gasteiger partial charge >= 0.3 is 0 Å². The third-order valence-corrected chi connectivity index (χ3v) is 6.28. The fourth-order valence-electron chi connectivity index (χ4n) is 4.60. The zero-order chi connectivity index (χ0) is 23.0. The number of fused-ring (bicyclic) bond motifs is 2. The molecular formula is C25H25N5O3. The lowest BCUT2D eigenvalue weighted by atomic mass is 9.88. The zero-order valence-corrected chi connectivity index (χ0v) is 18.3. The second-order valence-corrected chi connectivity index (χ2v) is 8.29. The molecule has 3 N–H and O–H groups in total. The van der Waals surface area contributed by atoms with Crippen molar-refractivity contribution in [2.45, 2.75) is 25.3 Å². The van der Waals surface area contributed by atoms with Crippen molar-refractivity contribution in [3.8, 4) is 22.8 Å². The molecule has 5 rings (SSSR count). The maximum absolute atomic E-state index is 13.0. The Balaban J connectivity index is 1.48. The molecule has 3 heterocycles. The maximum atomic E-state index is 13.0. The monoisotopic (exact) mass is 443 g/mol. The number of hydrogen-bond donors (Lipinski definition) is 2. The first-order chi connectivity index (χ1) is 16.0. The van der Waals surface area contributed by atoms with Crippen LogP contribution in [0.1, 0.15) is 30.1 Å². The first-order valence-electron chi connectivity index (χ1n) is 11.0. The Labute approximate surface area is 191 Å². The van der Waals surface area contributed by atoms with Crippen molar-refractivity contribution < 1.29 is 14.3 Å². The van der Waals surface area contributed by atoms with Crippen LogP contribution in [0.2, 0.25) is 0 Å². The molecule has 0 atom stereocenters. The number of nitrogens with one attached hydrogen (secondary N) is 1. The van der Waals surface area contributed by atoms with Gasteiger partial charge in [0, 0.05) is 18.7 Å². The van der Waals surface area contributed by atoms with Crippen LogP contribution < -0.4 is 15.8 Å². The molecule has 168 valence electrons. The molecule has 1 saturated heterocycles. The number of allylic oxidation sites excluding steroid dienone is 1. The number of amides is 2. The quantitative estimate of drug-likeness (QED) is 0.626. The van der Waals surface area contributed by atoms with Crippen LogP contribution in [-0.4, -0.2) is 39.6 Å². The smallest absolute Gasteiger partial charge is 0.254 e. The molecule has 2 aliphatic heterocycles. The third-order valence-electron chi connectivity index (χ3n) is 6.28. The number of ether oxygens (including phenoxy) is 1. The van der Waals surface area contributed by atoms with E-state index in [4.69, 9.17) is 15.6 Å². The van der Waals surface area contributed by atoms with Crippen LogP contribution in [0.5, 0.6) is 11.5 Å². The summed E-state index contributed by atoms with van der Waals surface area (Å²) in [7, 11) is 0. The van der Waals surface area contributed by atoms with Crippen molar-refractivity contribution in [3.63, 3.8) is 0 Å². The van der Waals surface area contributed by atoms with Crippen molar-refractivity contribution in [1.29, 1.82) is 0 Å². The third kappa shape index (κ3) is 3.53. The van der Waals surface area contributed by atoms with E-state index < -0.39 is 11.4 Å². The van der Waals surface area contributed by atoms with Gasteiger partial charge in [-0.15, -0.1) is 0 Å². The number of hydrogen-bond acceptors (Lipinski definition) is 5. The standard InChI is InChI=1S/C25H25N5O3/c1-2-14-29-15-12-25(13-16-29)24(32)27-23-20(22(26)31)21(28-30(23)25)17-8-10-19(11-9-17)33-18-6-4-3-5-7-18/h2-11,14H,12-13,15-16H2,1H3,(H2,26,31)(H,27,32). The van der Waals surface area contributed by atoms with Crippen LogP contribution in [0.3, 0.4) is 0 Å². The minimum atomic E-state index is -0.813. The van der Waals surface area contributed by atoms with Gasteiger partial charge < -0.3 is 20.7 Å². The second kappa shape index (κ2) is 8.12. The van der Waals surface area contributed by atoms with Gasteiger partial charge in [-0.25, -0.2) is 4.68 Å². The number of carbonyl (C=O) groups is 2. The molecule has 1 spiro atoms. The molecule has 3 aromatic rings. The maximum Gasteiger partial charge on any atom is 0.254 e. The largest absolute Gasteiger partial charge is 0.457 e. The fourth-order valence-corrected chi connectivity index (χ4v) is 4.60. The molecule has 1 fully saturated rings. The molecule has 2 aliphatic rings. The van der Waals surface area contributed by atoms with Gasteiger partial charge in [0.05, 0.1) is 0 Å². The van der Waals surface area contributed by atoms with E-state index in [1.807, 2.05) is 73.8 Å². The molecule has 2 aromatic carbocycles. The highest BCUT2D eigenvalue weighted by molar-refractivity contribution is 6.10. The van der Waals surface area contributed by atoms with Gasteiger partial charge in [0.15, 0.2) is 0 Å². The molecule has 0 saturated carbocycles. The van der Waals surface area contributed by atoms with E-state index in [1.54, 1.807) is 4.68 Å². The number of nitrogens with zero attached hydrogens (tertiary/aromatic N) is 3. The topological polar surface area (TPSA) is 102 Å². The van der Waals surface area contributed by atoms with Crippen molar-refractivity contribution in [1.82, 2.24) is 14.7 Å². The first-order valence-corrected chi connectivity index (χ1v) is 11.0. The normalized spacial score (nSPS) is 16.8. The molecule has 0 bridgehead atoms. The van der Waals surface area contributed by atoms with E-state index >= 15 is 0 Å². The molecule has 2 amide bonds. The van der Waals surface area contributed by atoms with Crippen LogP contribution in [0.25, 0.3) is 11.3 Å². The fraction of sp³-hybridized carbons (Fsp3) is 0.240. The number of anilines is 1. The Kier molecular flexibility index (Phi) is 5.12. The summed E-state index contributed by atoms with van der Waals surface area (Å²) in [6.45, 7) is 3.42. The average molecular weight is 444 g/mol. The van der Waals surface area contributed by atoms with Crippen molar-refractivity contribution in [2.75, 3.05) is 18.4 Å². The minimum absolute atomic E-state index is 0.134. The Hall–Kier alpha value is -4.07. The van der Waals surface area contributed by atoms with Crippen LogP contribution in [-0.2, 0) is 10.3 Å². The predicted molar refractivity (Wildman–Crippen MR) is 125 cm³/mol. The lowest BCUT2D eigenvalue weighted by Crippen LogP contribution is -2.48. The van der Waals surface area contributed by atoms with Gasteiger partial charge in [0.25, 0.3) is 11.8 Å². The van der Waals surface area contributed by atoms with Gasteiger partial charge in [0.2, 0.25) is 0 Å². The predicted octanol–water partition coefficient (Wildman–Crippen LogP) is 3.72. The number of likely N-dealkylation sites (tertiary alicyclic amines) is 1. The summed E-state index contributed by atoms with van der Waals surface area (Å²) in [6.07, 6.45) is 5.21. The van der Waals surface area contributed by atoms with Gasteiger partial charge in [-0.3, -0.25) is 9.59 Å². The SMILES string of the molecule is CC=CN1CCC2(CC1)C(=O)Nc1c(C(N)=O)c(-c3ccc(Oc4ccccc4)cc3)nn12. The number of carbonyl (C=O) groups excluding carboxylic acids is 2. The van der Waals surface area contributed by atoms with E-state index in [9.17, 15) is 9.59 Å². The van der Waals surface area contributed by atoms with Gasteiger partial charge in [-0.2, -0.15) is 5.10 Å². The minimum Gasteiger partial charge on any atom is -0.457 e. The van der Waals surface area contributed by atoms with E-state index in [0.29, 0.717) is 30.1 Å². The highest BCUT2D eigenvalue weighted by atomic mass is 16.5. The number of piperidine rings is 1.